The van der Waals surface area contributed by atoms with Gasteiger partial charge in [-0.15, -0.1) is 0 Å². The minimum atomic E-state index is -0.372. The van der Waals surface area contributed by atoms with Gasteiger partial charge in [0.2, 0.25) is 0 Å². The summed E-state index contributed by atoms with van der Waals surface area (Å²) in [5.74, 6) is -0.0142. The van der Waals surface area contributed by atoms with Gasteiger partial charge in [-0.25, -0.2) is 4.79 Å². The van der Waals surface area contributed by atoms with Gasteiger partial charge in [0.25, 0.3) is 0 Å². The summed E-state index contributed by atoms with van der Waals surface area (Å²) >= 11 is 6.46. The number of halogens is 1. The van der Waals surface area contributed by atoms with Gasteiger partial charge in [0, 0.05) is 5.02 Å². The molecule has 1 aliphatic carbocycles. The van der Waals surface area contributed by atoms with Crippen LogP contribution >= 0.6 is 11.6 Å². The summed E-state index contributed by atoms with van der Waals surface area (Å²) in [6, 6.07) is 5.45. The van der Waals surface area contributed by atoms with Crippen molar-refractivity contribution in [3.05, 3.63) is 58.7 Å². The van der Waals surface area contributed by atoms with E-state index >= 15 is 0 Å². The maximum Gasteiger partial charge on any atom is 0.338 e. The van der Waals surface area contributed by atoms with E-state index in [1.807, 2.05) is 19.9 Å². The first kappa shape index (κ1) is 19.7. The second-order valence-corrected chi connectivity index (χ2v) is 7.43. The van der Waals surface area contributed by atoms with Crippen LogP contribution < -0.4 is 0 Å². The zero-order chi connectivity index (χ0) is 18.4. The fourth-order valence-corrected chi connectivity index (χ4v) is 3.43. The van der Waals surface area contributed by atoms with Crippen molar-refractivity contribution in [3.63, 3.8) is 0 Å². The lowest BCUT2D eigenvalue weighted by Gasteiger charge is -2.30. The summed E-state index contributed by atoms with van der Waals surface area (Å²) in [6.45, 7) is 12.2. The van der Waals surface area contributed by atoms with Crippen molar-refractivity contribution in [1.82, 2.24) is 0 Å². The molecule has 2 unspecified atom stereocenters. The lowest BCUT2D eigenvalue weighted by Crippen LogP contribution is -2.22. The van der Waals surface area contributed by atoms with Gasteiger partial charge < -0.3 is 9.47 Å². The quantitative estimate of drug-likeness (QED) is 0.461. The third-order valence-corrected chi connectivity index (χ3v) is 4.64. The molecule has 0 amide bonds. The first-order chi connectivity index (χ1) is 11.9. The standard InChI is InChI=1S/C21H27ClO3/c1-14(2)12-24-18-7-5-6-16(10-18)19-9-8-17(11-20(19)22)21(23)25-13-15(3)4/h8-9,11,16,18H,1,3,5-7,10,12-13H2,2,4H3. The summed E-state index contributed by atoms with van der Waals surface area (Å²) in [4.78, 5) is 12.0. The van der Waals surface area contributed by atoms with Crippen LogP contribution in [0, 0.1) is 0 Å². The maximum atomic E-state index is 12.0. The third-order valence-electron chi connectivity index (χ3n) is 4.32. The van der Waals surface area contributed by atoms with Crippen LogP contribution in [-0.4, -0.2) is 25.3 Å². The van der Waals surface area contributed by atoms with Crippen LogP contribution in [0.15, 0.2) is 42.5 Å². The number of rotatable bonds is 7. The Kier molecular flexibility index (Phi) is 7.27. The highest BCUT2D eigenvalue weighted by atomic mass is 35.5. The Balaban J connectivity index is 2.03. The minimum absolute atomic E-state index is 0.225. The molecule has 0 heterocycles. The Morgan fingerprint density at radius 1 is 1.20 bits per heavy atom. The number of benzene rings is 1. The molecular weight excluding hydrogens is 336 g/mol. The van der Waals surface area contributed by atoms with E-state index in [-0.39, 0.29) is 18.7 Å². The highest BCUT2D eigenvalue weighted by Gasteiger charge is 2.25. The lowest BCUT2D eigenvalue weighted by atomic mass is 9.82. The number of carbonyl (C=O) groups excluding carboxylic acids is 1. The van der Waals surface area contributed by atoms with Crippen LogP contribution in [0.5, 0.6) is 0 Å². The molecule has 4 heteroatoms. The molecule has 1 aliphatic rings. The Hall–Kier alpha value is -1.58. The van der Waals surface area contributed by atoms with Crippen LogP contribution in [0.1, 0.15) is 61.4 Å². The number of carbonyl (C=O) groups is 1. The number of esters is 1. The Bertz CT molecular complexity index is 651. The molecule has 1 saturated carbocycles. The average Bonchev–Trinajstić information content (AvgIpc) is 2.58. The molecule has 25 heavy (non-hydrogen) atoms. The topological polar surface area (TPSA) is 35.5 Å². The molecule has 2 rings (SSSR count). The van der Waals surface area contributed by atoms with Crippen molar-refractivity contribution in [3.8, 4) is 0 Å². The predicted octanol–water partition coefficient (Wildman–Crippen LogP) is 5.69. The van der Waals surface area contributed by atoms with Crippen molar-refractivity contribution in [2.24, 2.45) is 0 Å². The van der Waals surface area contributed by atoms with E-state index in [2.05, 4.69) is 13.2 Å². The van der Waals surface area contributed by atoms with E-state index < -0.39 is 0 Å². The van der Waals surface area contributed by atoms with Gasteiger partial charge in [0.1, 0.15) is 6.61 Å². The van der Waals surface area contributed by atoms with Gasteiger partial charge in [0.15, 0.2) is 0 Å². The Labute approximate surface area is 155 Å². The monoisotopic (exact) mass is 362 g/mol. The second kappa shape index (κ2) is 9.21. The molecule has 1 aromatic carbocycles. The van der Waals surface area contributed by atoms with Crippen LogP contribution in [0.3, 0.4) is 0 Å². The molecule has 136 valence electrons. The molecule has 0 aromatic heterocycles. The largest absolute Gasteiger partial charge is 0.458 e. The van der Waals surface area contributed by atoms with Gasteiger partial charge in [0.05, 0.1) is 18.3 Å². The number of ether oxygens (including phenoxy) is 2. The molecule has 3 nitrogen and oxygen atoms in total. The van der Waals surface area contributed by atoms with Crippen molar-refractivity contribution < 1.29 is 14.3 Å². The molecule has 0 spiro atoms. The summed E-state index contributed by atoms with van der Waals surface area (Å²) in [6.07, 6.45) is 4.47. The maximum absolute atomic E-state index is 12.0. The molecule has 0 saturated heterocycles. The zero-order valence-electron chi connectivity index (χ0n) is 15.1. The predicted molar refractivity (Wildman–Crippen MR) is 102 cm³/mol. The molecule has 0 bridgehead atoms. The fourth-order valence-electron chi connectivity index (χ4n) is 3.10. The normalized spacial score (nSPS) is 20.1. The molecule has 1 aromatic rings. The van der Waals surface area contributed by atoms with Crippen molar-refractivity contribution in [2.45, 2.75) is 51.6 Å². The highest BCUT2D eigenvalue weighted by molar-refractivity contribution is 6.31. The fraction of sp³-hybridized carbons (Fsp3) is 0.476. The molecular formula is C21H27ClO3. The van der Waals surface area contributed by atoms with Crippen molar-refractivity contribution >= 4 is 17.6 Å². The van der Waals surface area contributed by atoms with Gasteiger partial charge in [-0.2, -0.15) is 0 Å². The lowest BCUT2D eigenvalue weighted by molar-refractivity contribution is 0.0365. The summed E-state index contributed by atoms with van der Waals surface area (Å²) < 4.78 is 11.1. The van der Waals surface area contributed by atoms with Gasteiger partial charge in [-0.1, -0.05) is 42.8 Å². The van der Waals surface area contributed by atoms with E-state index in [0.29, 0.717) is 23.1 Å². The summed E-state index contributed by atoms with van der Waals surface area (Å²) in [5, 5.41) is 0.621. The smallest absolute Gasteiger partial charge is 0.338 e. The van der Waals surface area contributed by atoms with Crippen LogP contribution in [0.4, 0.5) is 0 Å². The highest BCUT2D eigenvalue weighted by Crippen LogP contribution is 2.38. The van der Waals surface area contributed by atoms with E-state index in [4.69, 9.17) is 21.1 Å². The van der Waals surface area contributed by atoms with Crippen LogP contribution in [-0.2, 0) is 9.47 Å². The second-order valence-electron chi connectivity index (χ2n) is 7.02. The van der Waals surface area contributed by atoms with Crippen LogP contribution in [0.25, 0.3) is 0 Å². The molecule has 2 atom stereocenters. The Morgan fingerprint density at radius 2 is 1.92 bits per heavy atom. The van der Waals surface area contributed by atoms with E-state index in [9.17, 15) is 4.79 Å². The van der Waals surface area contributed by atoms with Gasteiger partial charge >= 0.3 is 5.97 Å². The number of hydrogen-bond acceptors (Lipinski definition) is 3. The van der Waals surface area contributed by atoms with Crippen molar-refractivity contribution in [1.29, 1.82) is 0 Å². The van der Waals surface area contributed by atoms with Crippen LogP contribution in [0.2, 0.25) is 5.02 Å². The van der Waals surface area contributed by atoms with E-state index in [1.54, 1.807) is 12.1 Å². The summed E-state index contributed by atoms with van der Waals surface area (Å²) in [5.41, 5.74) is 3.40. The molecule has 0 radical (unpaired) electrons. The third kappa shape index (κ3) is 6.02. The first-order valence-electron chi connectivity index (χ1n) is 8.73. The average molecular weight is 363 g/mol. The van der Waals surface area contributed by atoms with E-state index in [1.165, 1.54) is 0 Å². The molecule has 0 aliphatic heterocycles. The SMILES string of the molecule is C=C(C)COC(=O)c1ccc(C2CCCC(OCC(=C)C)C2)c(Cl)c1. The molecule has 1 fully saturated rings. The first-order valence-corrected chi connectivity index (χ1v) is 9.11. The summed E-state index contributed by atoms with van der Waals surface area (Å²) in [7, 11) is 0. The van der Waals surface area contributed by atoms with E-state index in [0.717, 1.165) is 42.4 Å². The van der Waals surface area contributed by atoms with Crippen molar-refractivity contribution in [2.75, 3.05) is 13.2 Å². The Morgan fingerprint density at radius 3 is 2.56 bits per heavy atom. The zero-order valence-corrected chi connectivity index (χ0v) is 15.9. The molecule has 0 N–H and O–H groups in total. The number of hydrogen-bond donors (Lipinski definition) is 0. The van der Waals surface area contributed by atoms with Gasteiger partial charge in [-0.05, 0) is 62.3 Å². The van der Waals surface area contributed by atoms with Gasteiger partial charge in [-0.3, -0.25) is 0 Å². The minimum Gasteiger partial charge on any atom is -0.458 e.